The van der Waals surface area contributed by atoms with E-state index in [1.54, 1.807) is 35.2 Å². The summed E-state index contributed by atoms with van der Waals surface area (Å²) < 4.78 is 44.4. The van der Waals surface area contributed by atoms with Gasteiger partial charge >= 0.3 is 0 Å². The molecule has 2 aromatic carbocycles. The van der Waals surface area contributed by atoms with Crippen molar-refractivity contribution in [2.45, 2.75) is 28.9 Å². The maximum atomic E-state index is 12.5. The molecule has 0 aliphatic carbocycles. The topological polar surface area (TPSA) is 92.5 Å². The van der Waals surface area contributed by atoms with Gasteiger partial charge in [0.1, 0.15) is 12.4 Å². The number of benzene rings is 2. The van der Waals surface area contributed by atoms with Gasteiger partial charge in [-0.05, 0) is 31.2 Å². The van der Waals surface area contributed by atoms with Crippen molar-refractivity contribution < 1.29 is 22.1 Å². The van der Waals surface area contributed by atoms with Gasteiger partial charge in [-0.25, -0.2) is 0 Å². The molecule has 1 fully saturated rings. The molecular formula is C21H22ClN3O5S2. The highest BCUT2D eigenvalue weighted by atomic mass is 35.5. The molecule has 170 valence electrons. The molecule has 1 aliphatic heterocycles. The van der Waals surface area contributed by atoms with Gasteiger partial charge in [-0.1, -0.05) is 53.2 Å². The average molecular weight is 496 g/mol. The summed E-state index contributed by atoms with van der Waals surface area (Å²) in [5.74, 6) is -0.731. The van der Waals surface area contributed by atoms with Gasteiger partial charge in [0.25, 0.3) is 10.1 Å². The van der Waals surface area contributed by atoms with Gasteiger partial charge in [-0.2, -0.15) is 8.42 Å². The Hall–Kier alpha value is -1.95. The smallest absolute Gasteiger partial charge is 0.297 e. The van der Waals surface area contributed by atoms with Crippen molar-refractivity contribution in [1.29, 1.82) is 0 Å². The first-order valence-electron chi connectivity index (χ1n) is 9.78. The summed E-state index contributed by atoms with van der Waals surface area (Å²) in [5, 5.41) is 9.26. The number of halogens is 1. The van der Waals surface area contributed by atoms with E-state index in [4.69, 9.17) is 25.3 Å². The van der Waals surface area contributed by atoms with E-state index in [0.29, 0.717) is 15.9 Å². The number of aryl methyl sites for hydroxylation is 2. The van der Waals surface area contributed by atoms with Crippen LogP contribution in [0, 0.1) is 6.92 Å². The minimum atomic E-state index is -3.91. The van der Waals surface area contributed by atoms with Crippen LogP contribution in [0.3, 0.4) is 0 Å². The second-order valence-electron chi connectivity index (χ2n) is 7.38. The molecule has 3 aromatic rings. The molecule has 11 heteroatoms. The first-order valence-corrected chi connectivity index (χ1v) is 12.6. The lowest BCUT2D eigenvalue weighted by Crippen LogP contribution is -2.32. The van der Waals surface area contributed by atoms with Crippen LogP contribution < -0.4 is 0 Å². The quantitative estimate of drug-likeness (QED) is 0.346. The molecule has 1 aromatic heterocycles. The molecule has 0 radical (unpaired) electrons. The van der Waals surface area contributed by atoms with Crippen molar-refractivity contribution in [3.8, 4) is 0 Å². The second kappa shape index (κ2) is 9.50. The third-order valence-electron chi connectivity index (χ3n) is 4.92. The van der Waals surface area contributed by atoms with Gasteiger partial charge in [-0.15, -0.1) is 10.2 Å². The Morgan fingerprint density at radius 1 is 1.22 bits per heavy atom. The molecular weight excluding hydrogens is 474 g/mol. The number of thioether (sulfide) groups is 1. The molecule has 8 nitrogen and oxygen atoms in total. The van der Waals surface area contributed by atoms with E-state index in [9.17, 15) is 8.42 Å². The Morgan fingerprint density at radius 2 is 1.94 bits per heavy atom. The SMILES string of the molecule is Cc1ccc(S(=O)(=O)OC[C@H]2CO[C@@](CSc3nncn3C)(c3ccc(Cl)cc3)O2)cc1. The molecule has 2 heterocycles. The summed E-state index contributed by atoms with van der Waals surface area (Å²) >= 11 is 7.46. The van der Waals surface area contributed by atoms with E-state index >= 15 is 0 Å². The Balaban J connectivity index is 1.48. The van der Waals surface area contributed by atoms with Crippen molar-refractivity contribution in [1.82, 2.24) is 14.8 Å². The number of nitrogens with zero attached hydrogens (tertiary/aromatic N) is 3. The molecule has 0 spiro atoms. The van der Waals surface area contributed by atoms with Crippen LogP contribution in [0.5, 0.6) is 0 Å². The molecule has 0 saturated carbocycles. The van der Waals surface area contributed by atoms with Gasteiger partial charge in [0.05, 0.1) is 23.9 Å². The first kappa shape index (κ1) is 23.2. The number of hydrogen-bond donors (Lipinski definition) is 0. The van der Waals surface area contributed by atoms with Gasteiger partial charge in [-0.3, -0.25) is 4.18 Å². The Labute approximate surface area is 196 Å². The average Bonchev–Trinajstić information content (AvgIpc) is 3.38. The van der Waals surface area contributed by atoms with Crippen molar-refractivity contribution >= 4 is 33.5 Å². The molecule has 32 heavy (non-hydrogen) atoms. The summed E-state index contributed by atoms with van der Waals surface area (Å²) in [6, 6.07) is 13.6. The van der Waals surface area contributed by atoms with Gasteiger partial charge in [0.15, 0.2) is 5.16 Å². The van der Waals surface area contributed by atoms with Crippen molar-refractivity contribution in [2.75, 3.05) is 19.0 Å². The summed E-state index contributed by atoms with van der Waals surface area (Å²) in [4.78, 5) is 0.101. The zero-order valence-electron chi connectivity index (χ0n) is 17.5. The highest BCUT2D eigenvalue weighted by Gasteiger charge is 2.44. The zero-order chi connectivity index (χ0) is 22.8. The standard InChI is InChI=1S/C21H22ClN3O5S2/c1-15-3-9-19(10-4-15)32(26,27)29-12-18-11-28-21(30-18,16-5-7-17(22)8-6-16)13-31-20-24-23-14-25(20)2/h3-10,14,18H,11-13H2,1-2H3/t18-,21-/m1/s1. The van der Waals surface area contributed by atoms with Crippen molar-refractivity contribution in [3.63, 3.8) is 0 Å². The number of ether oxygens (including phenoxy) is 2. The predicted octanol–water partition coefficient (Wildman–Crippen LogP) is 3.54. The fourth-order valence-corrected chi connectivity index (χ4v) is 5.22. The normalized spacial score (nSPS) is 21.2. The van der Waals surface area contributed by atoms with Crippen molar-refractivity contribution in [2.24, 2.45) is 7.05 Å². The fourth-order valence-electron chi connectivity index (χ4n) is 3.16. The van der Waals surface area contributed by atoms with Crippen LogP contribution >= 0.6 is 23.4 Å². The molecule has 2 atom stereocenters. The largest absolute Gasteiger partial charge is 0.342 e. The van der Waals surface area contributed by atoms with Crippen LogP contribution in [-0.4, -0.2) is 48.3 Å². The lowest BCUT2D eigenvalue weighted by atomic mass is 10.1. The Bertz CT molecular complexity index is 1170. The lowest BCUT2D eigenvalue weighted by Gasteiger charge is -2.28. The molecule has 0 unspecified atom stereocenters. The fraction of sp³-hybridized carbons (Fsp3) is 0.333. The Morgan fingerprint density at radius 3 is 2.59 bits per heavy atom. The second-order valence-corrected chi connectivity index (χ2v) is 10.4. The van der Waals surface area contributed by atoms with E-state index in [1.807, 2.05) is 26.1 Å². The first-order chi connectivity index (χ1) is 15.3. The van der Waals surface area contributed by atoms with Gasteiger partial charge in [0.2, 0.25) is 5.79 Å². The molecule has 4 rings (SSSR count). The van der Waals surface area contributed by atoms with Crippen LogP contribution in [-0.2, 0) is 36.6 Å². The van der Waals surface area contributed by atoms with Crippen LogP contribution in [0.25, 0.3) is 0 Å². The van der Waals surface area contributed by atoms with Crippen molar-refractivity contribution in [3.05, 3.63) is 71.0 Å². The van der Waals surface area contributed by atoms with Crippen LogP contribution in [0.4, 0.5) is 0 Å². The molecule has 1 aliphatic rings. The van der Waals surface area contributed by atoms with E-state index < -0.39 is 22.0 Å². The van der Waals surface area contributed by atoms with Crippen LogP contribution in [0.15, 0.2) is 64.9 Å². The zero-order valence-corrected chi connectivity index (χ0v) is 19.9. The Kier molecular flexibility index (Phi) is 6.89. The maximum Gasteiger partial charge on any atom is 0.297 e. The highest BCUT2D eigenvalue weighted by molar-refractivity contribution is 7.99. The molecule has 0 N–H and O–H groups in total. The third-order valence-corrected chi connectivity index (χ3v) is 7.62. The molecule has 0 amide bonds. The van der Waals surface area contributed by atoms with E-state index in [2.05, 4.69) is 10.2 Å². The van der Waals surface area contributed by atoms with Crippen LogP contribution in [0.2, 0.25) is 5.02 Å². The molecule has 0 bridgehead atoms. The van der Waals surface area contributed by atoms with Gasteiger partial charge < -0.3 is 14.0 Å². The molecule has 1 saturated heterocycles. The number of rotatable bonds is 8. The maximum absolute atomic E-state index is 12.5. The predicted molar refractivity (Wildman–Crippen MR) is 120 cm³/mol. The third kappa shape index (κ3) is 5.16. The summed E-state index contributed by atoms with van der Waals surface area (Å²) in [5.41, 5.74) is 1.73. The lowest BCUT2D eigenvalue weighted by molar-refractivity contribution is -0.160. The van der Waals surface area contributed by atoms with Crippen LogP contribution in [0.1, 0.15) is 11.1 Å². The number of hydrogen-bond acceptors (Lipinski definition) is 8. The summed E-state index contributed by atoms with van der Waals surface area (Å²) in [6.07, 6.45) is 1.03. The summed E-state index contributed by atoms with van der Waals surface area (Å²) in [7, 11) is -2.06. The monoisotopic (exact) mass is 495 g/mol. The van der Waals surface area contributed by atoms with E-state index in [0.717, 1.165) is 11.1 Å². The van der Waals surface area contributed by atoms with E-state index in [-0.39, 0.29) is 18.1 Å². The minimum Gasteiger partial charge on any atom is -0.342 e. The highest BCUT2D eigenvalue weighted by Crippen LogP contribution is 2.39. The van der Waals surface area contributed by atoms with E-state index in [1.165, 1.54) is 23.9 Å². The van der Waals surface area contributed by atoms with Gasteiger partial charge in [0, 0.05) is 17.6 Å². The summed E-state index contributed by atoms with van der Waals surface area (Å²) in [6.45, 7) is 1.89. The number of aromatic nitrogens is 3. The minimum absolute atomic E-state index is 0.101.